The topological polar surface area (TPSA) is 117 Å². The van der Waals surface area contributed by atoms with Gasteiger partial charge in [0.15, 0.2) is 5.69 Å². The molecule has 3 rings (SSSR count). The van der Waals surface area contributed by atoms with Gasteiger partial charge in [0.2, 0.25) is 0 Å². The third-order valence-electron chi connectivity index (χ3n) is 3.97. The summed E-state index contributed by atoms with van der Waals surface area (Å²) in [5.74, 6) is -0.0674. The molecule has 0 saturated heterocycles. The number of ether oxygens (including phenoxy) is 1. The van der Waals surface area contributed by atoms with Gasteiger partial charge in [0.25, 0.3) is 5.91 Å². The van der Waals surface area contributed by atoms with E-state index in [1.165, 1.54) is 0 Å². The zero-order valence-corrected chi connectivity index (χ0v) is 13.6. The Morgan fingerprint density at radius 2 is 1.96 bits per heavy atom. The Labute approximate surface area is 138 Å². The molecule has 0 fully saturated rings. The van der Waals surface area contributed by atoms with Crippen molar-refractivity contribution in [1.82, 2.24) is 15.0 Å². The van der Waals surface area contributed by atoms with Crippen LogP contribution in [0.15, 0.2) is 24.5 Å². The molecule has 3 aromatic rings. The summed E-state index contributed by atoms with van der Waals surface area (Å²) in [6, 6.07) is 3.50. The lowest BCUT2D eigenvalue weighted by molar-refractivity contribution is 0.0997. The van der Waals surface area contributed by atoms with E-state index >= 15 is 0 Å². The first-order valence-electron chi connectivity index (χ1n) is 7.30. The van der Waals surface area contributed by atoms with E-state index in [0.29, 0.717) is 22.3 Å². The minimum absolute atomic E-state index is 0.0205. The molecule has 7 heteroatoms. The molecular formula is C17H17N5O2. The van der Waals surface area contributed by atoms with Gasteiger partial charge in [-0.25, -0.2) is 4.98 Å². The summed E-state index contributed by atoms with van der Waals surface area (Å²) >= 11 is 0. The van der Waals surface area contributed by atoms with Crippen LogP contribution >= 0.6 is 0 Å². The van der Waals surface area contributed by atoms with Crippen LogP contribution in [0.5, 0.6) is 5.75 Å². The number of nitrogen functional groups attached to an aromatic ring is 1. The highest BCUT2D eigenvalue weighted by atomic mass is 16.5. The fourth-order valence-electron chi connectivity index (χ4n) is 2.83. The number of hydrogen-bond donors (Lipinski definition) is 2. The van der Waals surface area contributed by atoms with Gasteiger partial charge in [-0.05, 0) is 26.0 Å². The van der Waals surface area contributed by atoms with Gasteiger partial charge in [-0.3, -0.25) is 14.8 Å². The molecule has 0 unspecified atom stereocenters. The van der Waals surface area contributed by atoms with E-state index in [1.54, 1.807) is 31.6 Å². The number of carbonyl (C=O) groups excluding carboxylic acids is 1. The maximum Gasteiger partial charge on any atom is 0.269 e. The number of hydrogen-bond acceptors (Lipinski definition) is 6. The Morgan fingerprint density at radius 1 is 1.21 bits per heavy atom. The highest BCUT2D eigenvalue weighted by molar-refractivity contribution is 6.08. The average Bonchev–Trinajstić information content (AvgIpc) is 2.56. The van der Waals surface area contributed by atoms with Crippen molar-refractivity contribution in [3.8, 4) is 16.9 Å². The highest BCUT2D eigenvalue weighted by Gasteiger charge is 2.22. The van der Waals surface area contributed by atoms with Crippen molar-refractivity contribution >= 4 is 22.6 Å². The van der Waals surface area contributed by atoms with Crippen molar-refractivity contribution in [3.05, 3.63) is 41.5 Å². The molecule has 1 amide bonds. The number of fused-ring (bicyclic) bond motifs is 1. The molecule has 4 N–H and O–H groups in total. The predicted molar refractivity (Wildman–Crippen MR) is 91.7 cm³/mol. The van der Waals surface area contributed by atoms with Gasteiger partial charge in [-0.2, -0.15) is 0 Å². The Morgan fingerprint density at radius 3 is 2.62 bits per heavy atom. The SMILES string of the molecule is COc1cnc(C)c(-c2c(N)c(C(N)=O)nc3cccnc23)c1C. The molecule has 0 aliphatic carbocycles. The Balaban J connectivity index is 2.51. The second-order valence-corrected chi connectivity index (χ2v) is 5.40. The molecular weight excluding hydrogens is 306 g/mol. The Hall–Kier alpha value is -3.22. The molecule has 0 bridgehead atoms. The number of amides is 1. The van der Waals surface area contributed by atoms with Crippen molar-refractivity contribution in [2.75, 3.05) is 12.8 Å². The predicted octanol–water partition coefficient (Wildman–Crippen LogP) is 2.00. The molecule has 0 aromatic carbocycles. The minimum Gasteiger partial charge on any atom is -0.495 e. The molecule has 0 spiro atoms. The van der Waals surface area contributed by atoms with Gasteiger partial charge < -0.3 is 16.2 Å². The molecule has 3 aromatic heterocycles. The number of methoxy groups -OCH3 is 1. The number of anilines is 1. The zero-order valence-electron chi connectivity index (χ0n) is 13.6. The second kappa shape index (κ2) is 5.77. The van der Waals surface area contributed by atoms with Gasteiger partial charge in [0, 0.05) is 28.6 Å². The van der Waals surface area contributed by atoms with Crippen LogP contribution in [0.3, 0.4) is 0 Å². The lowest BCUT2D eigenvalue weighted by Crippen LogP contribution is -2.17. The summed E-state index contributed by atoms with van der Waals surface area (Å²) in [6.07, 6.45) is 3.30. The summed E-state index contributed by atoms with van der Waals surface area (Å²) in [6.45, 7) is 3.77. The van der Waals surface area contributed by atoms with E-state index in [-0.39, 0.29) is 11.4 Å². The average molecular weight is 323 g/mol. The normalized spacial score (nSPS) is 10.8. The van der Waals surface area contributed by atoms with Crippen molar-refractivity contribution in [3.63, 3.8) is 0 Å². The second-order valence-electron chi connectivity index (χ2n) is 5.40. The van der Waals surface area contributed by atoms with Gasteiger partial charge >= 0.3 is 0 Å². The third-order valence-corrected chi connectivity index (χ3v) is 3.97. The number of pyridine rings is 3. The molecule has 0 aliphatic rings. The van der Waals surface area contributed by atoms with Crippen molar-refractivity contribution in [2.45, 2.75) is 13.8 Å². The summed E-state index contributed by atoms with van der Waals surface area (Å²) in [5.41, 5.74) is 16.0. The largest absolute Gasteiger partial charge is 0.495 e. The first kappa shape index (κ1) is 15.7. The van der Waals surface area contributed by atoms with E-state index in [4.69, 9.17) is 16.2 Å². The van der Waals surface area contributed by atoms with Gasteiger partial charge in [-0.1, -0.05) is 0 Å². The van der Waals surface area contributed by atoms with Crippen molar-refractivity contribution < 1.29 is 9.53 Å². The number of aromatic nitrogens is 3. The molecule has 0 atom stereocenters. The Kier molecular flexibility index (Phi) is 3.76. The number of carbonyl (C=O) groups is 1. The summed E-state index contributed by atoms with van der Waals surface area (Å²) in [5, 5.41) is 0. The van der Waals surface area contributed by atoms with E-state index in [0.717, 1.165) is 16.8 Å². The number of aryl methyl sites for hydroxylation is 1. The van der Waals surface area contributed by atoms with Crippen LogP contribution in [-0.4, -0.2) is 28.0 Å². The third kappa shape index (κ3) is 2.30. The standard InChI is InChI=1S/C17H17N5O2/c1-8-11(24-3)7-21-9(2)12(8)13-14(18)16(17(19)23)22-10-5-4-6-20-15(10)13/h4-7H,18H2,1-3H3,(H2,19,23). The first-order valence-corrected chi connectivity index (χ1v) is 7.30. The summed E-state index contributed by atoms with van der Waals surface area (Å²) in [7, 11) is 1.57. The maximum atomic E-state index is 11.8. The number of rotatable bonds is 3. The minimum atomic E-state index is -0.689. The molecule has 122 valence electrons. The molecule has 3 heterocycles. The zero-order chi connectivity index (χ0) is 17.4. The van der Waals surface area contributed by atoms with Crippen LogP contribution in [0.1, 0.15) is 21.7 Å². The fraction of sp³-hybridized carbons (Fsp3) is 0.176. The van der Waals surface area contributed by atoms with Crippen LogP contribution in [0.25, 0.3) is 22.2 Å². The molecule has 24 heavy (non-hydrogen) atoms. The quantitative estimate of drug-likeness (QED) is 0.761. The number of primary amides is 1. The maximum absolute atomic E-state index is 11.8. The van der Waals surface area contributed by atoms with Gasteiger partial charge in [0.05, 0.1) is 30.0 Å². The lowest BCUT2D eigenvalue weighted by Gasteiger charge is -2.17. The van der Waals surface area contributed by atoms with E-state index < -0.39 is 5.91 Å². The molecule has 0 saturated carbocycles. The lowest BCUT2D eigenvalue weighted by atomic mass is 9.95. The summed E-state index contributed by atoms with van der Waals surface area (Å²) < 4.78 is 5.36. The highest BCUT2D eigenvalue weighted by Crippen LogP contribution is 2.39. The van der Waals surface area contributed by atoms with E-state index in [9.17, 15) is 4.79 Å². The van der Waals surface area contributed by atoms with E-state index in [2.05, 4.69) is 15.0 Å². The Bertz CT molecular complexity index is 969. The smallest absolute Gasteiger partial charge is 0.269 e. The van der Waals surface area contributed by atoms with Crippen LogP contribution in [0, 0.1) is 13.8 Å². The van der Waals surface area contributed by atoms with Gasteiger partial charge in [-0.15, -0.1) is 0 Å². The number of nitrogens with zero attached hydrogens (tertiary/aromatic N) is 3. The van der Waals surface area contributed by atoms with Crippen molar-refractivity contribution in [1.29, 1.82) is 0 Å². The fourth-order valence-corrected chi connectivity index (χ4v) is 2.83. The van der Waals surface area contributed by atoms with Crippen LogP contribution in [-0.2, 0) is 0 Å². The molecule has 7 nitrogen and oxygen atoms in total. The first-order chi connectivity index (χ1) is 11.5. The molecule has 0 radical (unpaired) electrons. The van der Waals surface area contributed by atoms with Crippen molar-refractivity contribution in [2.24, 2.45) is 5.73 Å². The van der Waals surface area contributed by atoms with Crippen LogP contribution in [0.2, 0.25) is 0 Å². The van der Waals surface area contributed by atoms with Crippen LogP contribution < -0.4 is 16.2 Å². The van der Waals surface area contributed by atoms with Crippen LogP contribution in [0.4, 0.5) is 5.69 Å². The number of nitrogens with two attached hydrogens (primary N) is 2. The summed E-state index contributed by atoms with van der Waals surface area (Å²) in [4.78, 5) is 24.8. The molecule has 0 aliphatic heterocycles. The monoisotopic (exact) mass is 323 g/mol. The van der Waals surface area contributed by atoms with Gasteiger partial charge in [0.1, 0.15) is 5.75 Å². The van der Waals surface area contributed by atoms with E-state index in [1.807, 2.05) is 13.8 Å².